The third kappa shape index (κ3) is 17.2. The molecule has 0 aliphatic rings. The van der Waals surface area contributed by atoms with E-state index in [1.807, 2.05) is 35.8 Å². The van der Waals surface area contributed by atoms with Gasteiger partial charge >= 0.3 is 213 Å². The van der Waals surface area contributed by atoms with E-state index in [4.69, 9.17) is 0 Å². The van der Waals surface area contributed by atoms with Crippen LogP contribution in [-0.2, 0) is 19.2 Å². The van der Waals surface area contributed by atoms with Gasteiger partial charge in [0.2, 0.25) is 0 Å². The van der Waals surface area contributed by atoms with Crippen LogP contribution in [0, 0.1) is 0 Å². The van der Waals surface area contributed by atoms with Crippen LogP contribution in [0.15, 0.2) is 50.6 Å². The molecule has 0 aliphatic heterocycles. The van der Waals surface area contributed by atoms with E-state index in [1.54, 1.807) is 0 Å². The Morgan fingerprint density at radius 1 is 0.515 bits per heavy atom. The van der Waals surface area contributed by atoms with E-state index in [9.17, 15) is 19.2 Å². The third-order valence-corrected chi connectivity index (χ3v) is 54.1. The molecule has 184 valence electrons. The Bertz CT molecular complexity index is 592. The number of nitrogens with one attached hydrogen (secondary N) is 4. The van der Waals surface area contributed by atoms with Gasteiger partial charge in [-0.1, -0.05) is 0 Å². The second-order valence-corrected chi connectivity index (χ2v) is 48.2. The van der Waals surface area contributed by atoms with Crippen molar-refractivity contribution in [1.82, 2.24) is 21.3 Å². The second kappa shape index (κ2) is 20.4. The average molecular weight is 639 g/mol. The number of hydrogen-bond donors (Lipinski definition) is 4. The molecule has 0 fully saturated rings. The molecule has 0 aromatic carbocycles. The zero-order valence-corrected chi connectivity index (χ0v) is 24.7. The van der Waals surface area contributed by atoms with Crippen LogP contribution in [0.3, 0.4) is 0 Å². The predicted octanol–water partition coefficient (Wildman–Crippen LogP) is 1.56. The SMILES string of the molecule is C=CC(=O)NCC[S][Sn]([S]CCNC(=O)C=C)([S]CCNC(=O)C=C)[S]CCNC(=O)C=C. The fourth-order valence-corrected chi connectivity index (χ4v) is 50.8. The molecule has 0 radical (unpaired) electrons. The van der Waals surface area contributed by atoms with Gasteiger partial charge in [-0.2, -0.15) is 0 Å². The van der Waals surface area contributed by atoms with Crippen LogP contribution in [0.2, 0.25) is 0 Å². The molecule has 0 unspecified atom stereocenters. The Hall–Kier alpha value is -0.961. The van der Waals surface area contributed by atoms with Gasteiger partial charge in [-0.05, 0) is 0 Å². The molecule has 0 aliphatic carbocycles. The van der Waals surface area contributed by atoms with Gasteiger partial charge in [-0.15, -0.1) is 0 Å². The molecule has 0 aromatic rings. The number of carbonyl (C=O) groups excluding carboxylic acids is 4. The topological polar surface area (TPSA) is 116 Å². The summed E-state index contributed by atoms with van der Waals surface area (Å²) >= 11 is -3.07. The summed E-state index contributed by atoms with van der Waals surface area (Å²) in [7, 11) is 7.47. The summed E-state index contributed by atoms with van der Waals surface area (Å²) in [5.41, 5.74) is 0. The van der Waals surface area contributed by atoms with Crippen molar-refractivity contribution < 1.29 is 19.2 Å². The summed E-state index contributed by atoms with van der Waals surface area (Å²) < 4.78 is 0. The van der Waals surface area contributed by atoms with Crippen molar-refractivity contribution in [2.75, 3.05) is 49.2 Å². The van der Waals surface area contributed by atoms with Crippen LogP contribution in [-0.4, -0.2) is 85.7 Å². The first-order valence-electron chi connectivity index (χ1n) is 9.99. The maximum absolute atomic E-state index is 11.5. The van der Waals surface area contributed by atoms with E-state index in [2.05, 4.69) is 47.6 Å². The van der Waals surface area contributed by atoms with Crippen molar-refractivity contribution in [1.29, 1.82) is 0 Å². The fourth-order valence-electron chi connectivity index (χ4n) is 1.94. The van der Waals surface area contributed by atoms with Crippen molar-refractivity contribution in [3.63, 3.8) is 0 Å². The molecule has 0 spiro atoms. The van der Waals surface area contributed by atoms with Crippen molar-refractivity contribution in [2.45, 2.75) is 0 Å². The Kier molecular flexibility index (Phi) is 19.8. The van der Waals surface area contributed by atoms with E-state index in [-0.39, 0.29) is 23.6 Å². The number of rotatable bonds is 20. The Balaban J connectivity index is 5.15. The minimum atomic E-state index is -3.07. The molecule has 33 heavy (non-hydrogen) atoms. The molecule has 0 saturated heterocycles. The summed E-state index contributed by atoms with van der Waals surface area (Å²) in [6.07, 6.45) is 4.97. The normalized spacial score (nSPS) is 10.4. The van der Waals surface area contributed by atoms with Gasteiger partial charge < -0.3 is 0 Å². The van der Waals surface area contributed by atoms with Gasteiger partial charge in [0.25, 0.3) is 0 Å². The van der Waals surface area contributed by atoms with Gasteiger partial charge in [0.15, 0.2) is 0 Å². The van der Waals surface area contributed by atoms with Crippen molar-refractivity contribution in [2.24, 2.45) is 0 Å². The molecule has 0 heterocycles. The van der Waals surface area contributed by atoms with E-state index in [1.165, 1.54) is 24.3 Å². The summed E-state index contributed by atoms with van der Waals surface area (Å²) in [5.74, 6) is 2.09. The van der Waals surface area contributed by atoms with E-state index in [0.29, 0.717) is 26.2 Å². The summed E-state index contributed by atoms with van der Waals surface area (Å²) in [5, 5.41) is 11.2. The molecular formula is C20H32N4O4S4Sn. The van der Waals surface area contributed by atoms with Crippen LogP contribution in [0.5, 0.6) is 0 Å². The Labute approximate surface area is 211 Å². The first kappa shape index (κ1) is 32.0. The number of amides is 4. The van der Waals surface area contributed by atoms with Gasteiger partial charge in [0.05, 0.1) is 0 Å². The van der Waals surface area contributed by atoms with E-state index >= 15 is 0 Å². The standard InChI is InChI=1S/4C5H9NOS.Sn/c4*1-2-5(7)6-3-4-8;/h4*2,8H,1,3-4H2,(H,6,7);/q;;;;+4/p-4. The molecule has 4 N–H and O–H groups in total. The first-order chi connectivity index (χ1) is 15.8. The molecule has 8 nitrogen and oxygen atoms in total. The van der Waals surface area contributed by atoms with Crippen molar-refractivity contribution in [3.8, 4) is 0 Å². The van der Waals surface area contributed by atoms with Crippen molar-refractivity contribution in [3.05, 3.63) is 50.6 Å². The molecule has 13 heteroatoms. The first-order valence-corrected chi connectivity index (χ1v) is 27.9. The van der Waals surface area contributed by atoms with Crippen LogP contribution >= 0.6 is 35.8 Å². The fraction of sp³-hybridized carbons (Fsp3) is 0.400. The van der Waals surface area contributed by atoms with E-state index < -0.39 is 12.8 Å². The second-order valence-electron chi connectivity index (χ2n) is 5.87. The van der Waals surface area contributed by atoms with Crippen molar-refractivity contribution >= 4 is 72.3 Å². The maximum atomic E-state index is 11.5. The van der Waals surface area contributed by atoms with Gasteiger partial charge in [0.1, 0.15) is 0 Å². The minimum absolute atomic E-state index is 0.212. The molecule has 0 rings (SSSR count). The van der Waals surface area contributed by atoms with Crippen LogP contribution in [0.1, 0.15) is 0 Å². The summed E-state index contributed by atoms with van der Waals surface area (Å²) in [6, 6.07) is 0. The summed E-state index contributed by atoms with van der Waals surface area (Å²) in [4.78, 5) is 45.9. The van der Waals surface area contributed by atoms with Gasteiger partial charge in [-0.25, -0.2) is 0 Å². The predicted molar refractivity (Wildman–Crippen MR) is 148 cm³/mol. The molecule has 0 bridgehead atoms. The average Bonchev–Trinajstić information content (AvgIpc) is 2.83. The molecular weight excluding hydrogens is 607 g/mol. The quantitative estimate of drug-likeness (QED) is 0.0902. The summed E-state index contributed by atoms with van der Waals surface area (Å²) in [6.45, 7) is 15.9. The zero-order valence-electron chi connectivity index (χ0n) is 18.6. The molecule has 4 amide bonds. The zero-order chi connectivity index (χ0) is 25.0. The molecule has 0 atom stereocenters. The number of hydrogen-bond acceptors (Lipinski definition) is 8. The Morgan fingerprint density at radius 3 is 0.909 bits per heavy atom. The van der Waals surface area contributed by atoms with Crippen LogP contribution < -0.4 is 21.3 Å². The van der Waals surface area contributed by atoms with E-state index in [0.717, 1.165) is 23.0 Å². The van der Waals surface area contributed by atoms with Gasteiger partial charge in [-0.3, -0.25) is 0 Å². The van der Waals surface area contributed by atoms with Crippen LogP contribution in [0.4, 0.5) is 0 Å². The molecule has 0 aromatic heterocycles. The molecule has 0 saturated carbocycles. The monoisotopic (exact) mass is 640 g/mol. The van der Waals surface area contributed by atoms with Gasteiger partial charge in [0, 0.05) is 0 Å². The Morgan fingerprint density at radius 2 is 0.727 bits per heavy atom. The number of carbonyl (C=O) groups is 4. The van der Waals surface area contributed by atoms with Crippen LogP contribution in [0.25, 0.3) is 0 Å². The third-order valence-electron chi connectivity index (χ3n) is 3.46.